The largest absolute Gasteiger partial charge is 0.416 e. The number of halogens is 5. The van der Waals surface area contributed by atoms with E-state index in [2.05, 4.69) is 25.5 Å². The predicted molar refractivity (Wildman–Crippen MR) is 134 cm³/mol. The molecule has 0 amide bonds. The van der Waals surface area contributed by atoms with Gasteiger partial charge in [0.05, 0.1) is 6.54 Å². The number of nitrogens with two attached hydrogens (primary N) is 1. The highest BCUT2D eigenvalue weighted by atomic mass is 35.5. The molecule has 0 aliphatic heterocycles. The van der Waals surface area contributed by atoms with Crippen molar-refractivity contribution in [2.75, 3.05) is 11.9 Å². The van der Waals surface area contributed by atoms with E-state index in [1.807, 2.05) is 0 Å². The first-order valence-corrected chi connectivity index (χ1v) is 11.9. The van der Waals surface area contributed by atoms with Crippen molar-refractivity contribution in [1.82, 2.24) is 34.1 Å². The Morgan fingerprint density at radius 2 is 1.85 bits per heavy atom. The second kappa shape index (κ2) is 10.7. The molecule has 0 unspecified atom stereocenters. The zero-order valence-electron chi connectivity index (χ0n) is 20.7. The lowest BCUT2D eigenvalue weighted by Gasteiger charge is -2.19. The fourth-order valence-corrected chi connectivity index (χ4v) is 3.58. The summed E-state index contributed by atoms with van der Waals surface area (Å²) in [6.45, 7) is 2.23. The van der Waals surface area contributed by atoms with Crippen LogP contribution in [0.15, 0.2) is 47.4 Å². The van der Waals surface area contributed by atoms with Crippen LogP contribution >= 0.6 is 11.6 Å². The Kier molecular flexibility index (Phi) is 7.77. The minimum Gasteiger partial charge on any atom is -0.382 e. The Morgan fingerprint density at radius 1 is 1.15 bits per heavy atom. The van der Waals surface area contributed by atoms with Crippen LogP contribution < -0.4 is 16.7 Å². The molecule has 0 spiro atoms. The lowest BCUT2D eigenvalue weighted by atomic mass is 10.1. The Labute approximate surface area is 223 Å². The highest BCUT2D eigenvalue weighted by molar-refractivity contribution is 6.30. The molecule has 39 heavy (non-hydrogen) atoms. The van der Waals surface area contributed by atoms with Gasteiger partial charge in [0.2, 0.25) is 5.95 Å². The molecule has 0 radical (unpaired) electrons. The van der Waals surface area contributed by atoms with Crippen molar-refractivity contribution in [2.24, 2.45) is 5.73 Å². The van der Waals surface area contributed by atoms with E-state index in [1.54, 1.807) is 13.8 Å². The summed E-state index contributed by atoms with van der Waals surface area (Å²) < 4.78 is 56.5. The van der Waals surface area contributed by atoms with Crippen LogP contribution in [0.4, 0.5) is 23.5 Å². The molecule has 1 aromatic carbocycles. The Hall–Kier alpha value is -3.82. The smallest absolute Gasteiger partial charge is 0.382 e. The van der Waals surface area contributed by atoms with Gasteiger partial charge in [0.15, 0.2) is 29.4 Å². The normalized spacial score (nSPS) is 13.1. The molecule has 4 aromatic rings. The number of hydrogen-bond donors (Lipinski definition) is 3. The Bertz CT molecular complexity index is 1510. The van der Waals surface area contributed by atoms with Crippen LogP contribution in [0, 0.1) is 5.82 Å². The maximum Gasteiger partial charge on any atom is 0.416 e. The summed E-state index contributed by atoms with van der Waals surface area (Å²) in [6, 6.07) is 8.47. The van der Waals surface area contributed by atoms with Gasteiger partial charge in [0.25, 0.3) is 0 Å². The van der Waals surface area contributed by atoms with Crippen molar-refractivity contribution in [3.8, 4) is 17.2 Å². The zero-order chi connectivity index (χ0) is 28.5. The maximum absolute atomic E-state index is 14.5. The molecule has 16 heteroatoms. The van der Waals surface area contributed by atoms with Gasteiger partial charge in [-0.15, -0.1) is 10.2 Å². The standard InChI is InChI=1S/C23H24ClF4N9O2/c1-22(2,29)12-31-20-32-17(33-37(20)19-15(25)4-3-9-30-19)11-36-21(39)35(10-16(38)23(26,27)28)18(34-36)13-5-7-14(24)8-6-13/h3-9,16,38H,10-12,29H2,1-2H3,(H,31,32,33)/t16-/m0/s1. The average Bonchev–Trinajstić information content (AvgIpc) is 3.39. The highest BCUT2D eigenvalue weighted by Gasteiger charge is 2.39. The summed E-state index contributed by atoms with van der Waals surface area (Å²) in [6.07, 6.45) is -6.44. The number of aliphatic hydroxyl groups excluding tert-OH is 1. The van der Waals surface area contributed by atoms with Crippen LogP contribution in [0.1, 0.15) is 19.7 Å². The molecule has 0 saturated heterocycles. The van der Waals surface area contributed by atoms with E-state index in [1.165, 1.54) is 42.6 Å². The topological polar surface area (TPSA) is 142 Å². The van der Waals surface area contributed by atoms with Crippen molar-refractivity contribution >= 4 is 17.5 Å². The van der Waals surface area contributed by atoms with Crippen molar-refractivity contribution in [1.29, 1.82) is 0 Å². The van der Waals surface area contributed by atoms with E-state index >= 15 is 0 Å². The second-order valence-electron chi connectivity index (χ2n) is 9.35. The van der Waals surface area contributed by atoms with Gasteiger partial charge in [0.1, 0.15) is 6.54 Å². The van der Waals surface area contributed by atoms with Crippen LogP contribution in [0.3, 0.4) is 0 Å². The van der Waals surface area contributed by atoms with Gasteiger partial charge >= 0.3 is 11.9 Å². The van der Waals surface area contributed by atoms with Crippen LogP contribution in [0.2, 0.25) is 5.02 Å². The van der Waals surface area contributed by atoms with Gasteiger partial charge in [-0.3, -0.25) is 4.57 Å². The van der Waals surface area contributed by atoms with Crippen molar-refractivity contribution in [2.45, 2.75) is 44.8 Å². The fraction of sp³-hybridized carbons (Fsp3) is 0.348. The van der Waals surface area contributed by atoms with Crippen molar-refractivity contribution in [3.05, 3.63) is 69.7 Å². The van der Waals surface area contributed by atoms with Gasteiger partial charge in [-0.2, -0.15) is 22.8 Å². The van der Waals surface area contributed by atoms with Gasteiger partial charge in [0, 0.05) is 28.9 Å². The average molecular weight is 570 g/mol. The lowest BCUT2D eigenvalue weighted by molar-refractivity contribution is -0.207. The number of nitrogens with zero attached hydrogens (tertiary/aromatic N) is 7. The first-order valence-electron chi connectivity index (χ1n) is 11.5. The number of nitrogens with one attached hydrogen (secondary N) is 1. The van der Waals surface area contributed by atoms with Crippen LogP contribution in [0.5, 0.6) is 0 Å². The summed E-state index contributed by atoms with van der Waals surface area (Å²) in [5.74, 6) is -0.973. The van der Waals surface area contributed by atoms with E-state index in [9.17, 15) is 27.5 Å². The molecule has 4 N–H and O–H groups in total. The number of alkyl halides is 3. The van der Waals surface area contributed by atoms with E-state index < -0.39 is 42.4 Å². The number of anilines is 1. The minimum atomic E-state index is -4.97. The molecular weight excluding hydrogens is 546 g/mol. The van der Waals surface area contributed by atoms with Crippen molar-refractivity contribution in [3.63, 3.8) is 0 Å². The second-order valence-corrected chi connectivity index (χ2v) is 9.79. The van der Waals surface area contributed by atoms with E-state index in [4.69, 9.17) is 17.3 Å². The lowest BCUT2D eigenvalue weighted by Crippen LogP contribution is -2.40. The van der Waals surface area contributed by atoms with E-state index in [0.29, 0.717) is 9.59 Å². The van der Waals surface area contributed by atoms with Crippen LogP contribution in [-0.2, 0) is 13.1 Å². The number of aliphatic hydroxyl groups is 1. The van der Waals surface area contributed by atoms with Gasteiger partial charge < -0.3 is 16.2 Å². The highest BCUT2D eigenvalue weighted by Crippen LogP contribution is 2.24. The summed E-state index contributed by atoms with van der Waals surface area (Å²) >= 11 is 5.91. The third kappa shape index (κ3) is 6.61. The molecule has 0 saturated carbocycles. The molecule has 3 aromatic heterocycles. The van der Waals surface area contributed by atoms with E-state index in [0.717, 1.165) is 9.36 Å². The van der Waals surface area contributed by atoms with Crippen LogP contribution in [-0.4, -0.2) is 63.6 Å². The fourth-order valence-electron chi connectivity index (χ4n) is 3.46. The van der Waals surface area contributed by atoms with E-state index in [-0.39, 0.29) is 35.5 Å². The summed E-state index contributed by atoms with van der Waals surface area (Å²) in [4.78, 5) is 21.5. The molecule has 0 aliphatic carbocycles. The molecule has 0 bridgehead atoms. The number of rotatable bonds is 9. The summed E-state index contributed by atoms with van der Waals surface area (Å²) in [5, 5.41) is 21.4. The first kappa shape index (κ1) is 28.2. The molecule has 11 nitrogen and oxygen atoms in total. The first-order chi connectivity index (χ1) is 18.2. The van der Waals surface area contributed by atoms with Gasteiger partial charge in [-0.05, 0) is 50.2 Å². The Morgan fingerprint density at radius 3 is 2.46 bits per heavy atom. The Balaban J connectivity index is 1.76. The monoisotopic (exact) mass is 569 g/mol. The molecule has 0 fully saturated rings. The third-order valence-corrected chi connectivity index (χ3v) is 5.59. The van der Waals surface area contributed by atoms with Gasteiger partial charge in [-0.25, -0.2) is 18.9 Å². The maximum atomic E-state index is 14.5. The van der Waals surface area contributed by atoms with Crippen LogP contribution in [0.25, 0.3) is 17.2 Å². The van der Waals surface area contributed by atoms with Crippen molar-refractivity contribution < 1.29 is 22.7 Å². The number of pyridine rings is 1. The molecule has 0 aliphatic rings. The number of hydrogen-bond acceptors (Lipinski definition) is 8. The SMILES string of the molecule is CC(C)(N)CNc1nc(Cn2nc(-c3ccc(Cl)cc3)n(C[C@H](O)C(F)(F)F)c2=O)nn1-c1ncccc1F. The number of aromatic nitrogens is 7. The molecule has 1 atom stereocenters. The predicted octanol–water partition coefficient (Wildman–Crippen LogP) is 2.60. The molecule has 208 valence electrons. The summed E-state index contributed by atoms with van der Waals surface area (Å²) in [7, 11) is 0. The number of benzene rings is 1. The minimum absolute atomic E-state index is 0.0249. The molecule has 4 rings (SSSR count). The molecule has 3 heterocycles. The van der Waals surface area contributed by atoms with Gasteiger partial charge in [-0.1, -0.05) is 11.6 Å². The molecular formula is C23H24ClF4N9O2. The third-order valence-electron chi connectivity index (χ3n) is 5.34. The zero-order valence-corrected chi connectivity index (χ0v) is 21.4. The quantitative estimate of drug-likeness (QED) is 0.261. The summed E-state index contributed by atoms with van der Waals surface area (Å²) in [5.41, 5.74) is 4.68.